The lowest BCUT2D eigenvalue weighted by molar-refractivity contribution is 0.574. The van der Waals surface area contributed by atoms with Crippen molar-refractivity contribution in [1.82, 2.24) is 0 Å². The molecule has 1 aromatic heterocycles. The average molecular weight is 440 g/mol. The van der Waals surface area contributed by atoms with Crippen molar-refractivity contribution in [2.75, 3.05) is 0 Å². The molecule has 3 heteroatoms. The van der Waals surface area contributed by atoms with E-state index in [9.17, 15) is 0 Å². The molecule has 0 saturated carbocycles. The highest BCUT2D eigenvalue weighted by Gasteiger charge is 2.13. The first-order chi connectivity index (χ1) is 11.7. The summed E-state index contributed by atoms with van der Waals surface area (Å²) >= 11 is 7.03. The van der Waals surface area contributed by atoms with E-state index in [0.717, 1.165) is 16.7 Å². The van der Waals surface area contributed by atoms with E-state index in [0.29, 0.717) is 0 Å². The number of fused-ring (bicyclic) bond motifs is 6. The van der Waals surface area contributed by atoms with Crippen LogP contribution in [0, 0.1) is 0 Å². The fraction of sp³-hybridized carbons (Fsp3) is 0.0476. The van der Waals surface area contributed by atoms with Crippen molar-refractivity contribution in [3.05, 3.63) is 72.5 Å². The molecule has 0 saturated heterocycles. The lowest BCUT2D eigenvalue weighted by Crippen LogP contribution is -1.80. The predicted octanol–water partition coefficient (Wildman–Crippen LogP) is 7.68. The molecular formula is C21H12Br2O. The molecule has 1 heterocycles. The van der Waals surface area contributed by atoms with Crippen LogP contribution in [0.3, 0.4) is 0 Å². The summed E-state index contributed by atoms with van der Waals surface area (Å²) < 4.78 is 5.95. The van der Waals surface area contributed by atoms with Gasteiger partial charge in [0.05, 0.1) is 0 Å². The maximum Gasteiger partial charge on any atom is 0.135 e. The molecule has 1 nitrogen and oxygen atoms in total. The maximum atomic E-state index is 5.93. The van der Waals surface area contributed by atoms with Crippen LogP contribution in [0.25, 0.3) is 43.3 Å². The summed E-state index contributed by atoms with van der Waals surface area (Å²) in [5.74, 6) is 0.885. The standard InChI is InChI=1S/C21H12Br2O/c22-21(23)20-11-18-16-6-5-14-9-12-3-1-2-4-13(12)10-17(14)15(16)7-8-19(18)24-20/h1-11,21H. The van der Waals surface area contributed by atoms with Gasteiger partial charge in [-0.05, 0) is 56.6 Å². The number of alkyl halides is 2. The largest absolute Gasteiger partial charge is 0.459 e. The van der Waals surface area contributed by atoms with Crippen molar-refractivity contribution in [3.8, 4) is 0 Å². The lowest BCUT2D eigenvalue weighted by atomic mass is 9.97. The Morgan fingerprint density at radius 1 is 0.625 bits per heavy atom. The molecule has 5 aromatic rings. The Morgan fingerprint density at radius 3 is 2.12 bits per heavy atom. The molecule has 0 aliphatic heterocycles. The summed E-state index contributed by atoms with van der Waals surface area (Å²) in [6.45, 7) is 0. The molecule has 0 fully saturated rings. The third-order valence-electron chi connectivity index (χ3n) is 4.61. The van der Waals surface area contributed by atoms with E-state index in [4.69, 9.17) is 4.42 Å². The van der Waals surface area contributed by atoms with Crippen LogP contribution in [0.15, 0.2) is 71.1 Å². The number of hydrogen-bond donors (Lipinski definition) is 0. The van der Waals surface area contributed by atoms with Gasteiger partial charge in [-0.2, -0.15) is 0 Å². The molecule has 0 spiro atoms. The van der Waals surface area contributed by atoms with Crippen molar-refractivity contribution in [1.29, 1.82) is 0 Å². The number of rotatable bonds is 1. The molecule has 0 aliphatic rings. The third kappa shape index (κ3) is 2.11. The summed E-state index contributed by atoms with van der Waals surface area (Å²) in [5.41, 5.74) is 0.918. The smallest absolute Gasteiger partial charge is 0.135 e. The molecule has 0 radical (unpaired) electrons. The van der Waals surface area contributed by atoms with Crippen molar-refractivity contribution in [2.45, 2.75) is 3.74 Å². The molecular weight excluding hydrogens is 428 g/mol. The SMILES string of the molecule is BrC(Br)c1cc2c(ccc3c4cc5ccccc5cc4ccc23)o1. The molecule has 116 valence electrons. The van der Waals surface area contributed by atoms with Crippen LogP contribution in [0.2, 0.25) is 0 Å². The van der Waals surface area contributed by atoms with Crippen molar-refractivity contribution >= 4 is 75.1 Å². The van der Waals surface area contributed by atoms with Gasteiger partial charge in [0.25, 0.3) is 0 Å². The molecule has 0 bridgehead atoms. The van der Waals surface area contributed by atoms with E-state index in [1.807, 2.05) is 0 Å². The molecule has 24 heavy (non-hydrogen) atoms. The summed E-state index contributed by atoms with van der Waals surface area (Å²) in [6, 6.07) is 23.8. The number of benzene rings is 4. The van der Waals surface area contributed by atoms with Crippen LogP contribution >= 0.6 is 31.9 Å². The van der Waals surface area contributed by atoms with E-state index < -0.39 is 0 Å². The van der Waals surface area contributed by atoms with Gasteiger partial charge < -0.3 is 4.42 Å². The maximum absolute atomic E-state index is 5.93. The van der Waals surface area contributed by atoms with Crippen LogP contribution < -0.4 is 0 Å². The van der Waals surface area contributed by atoms with Crippen molar-refractivity contribution in [2.24, 2.45) is 0 Å². The zero-order valence-electron chi connectivity index (χ0n) is 12.6. The number of halogens is 2. The minimum atomic E-state index is 0.0249. The van der Waals surface area contributed by atoms with Gasteiger partial charge in [0.15, 0.2) is 0 Å². The summed E-state index contributed by atoms with van der Waals surface area (Å²) in [7, 11) is 0. The van der Waals surface area contributed by atoms with Crippen LogP contribution in [-0.2, 0) is 0 Å². The fourth-order valence-electron chi connectivity index (χ4n) is 3.48. The Bertz CT molecular complexity index is 1230. The minimum Gasteiger partial charge on any atom is -0.459 e. The van der Waals surface area contributed by atoms with Gasteiger partial charge in [0, 0.05) is 5.39 Å². The highest BCUT2D eigenvalue weighted by atomic mass is 79.9. The number of hydrogen-bond acceptors (Lipinski definition) is 1. The van der Waals surface area contributed by atoms with Crippen LogP contribution in [0.4, 0.5) is 0 Å². The van der Waals surface area contributed by atoms with Crippen molar-refractivity contribution < 1.29 is 4.42 Å². The molecule has 0 unspecified atom stereocenters. The topological polar surface area (TPSA) is 13.1 Å². The second-order valence-corrected chi connectivity index (χ2v) is 9.07. The Labute approximate surface area is 155 Å². The molecule has 4 aromatic carbocycles. The van der Waals surface area contributed by atoms with Gasteiger partial charge in [-0.15, -0.1) is 0 Å². The van der Waals surface area contributed by atoms with E-state index in [-0.39, 0.29) is 3.74 Å². The van der Waals surface area contributed by atoms with Crippen molar-refractivity contribution in [3.63, 3.8) is 0 Å². The summed E-state index contributed by atoms with van der Waals surface area (Å²) in [5, 5.41) is 8.74. The van der Waals surface area contributed by atoms with Gasteiger partial charge >= 0.3 is 0 Å². The van der Waals surface area contributed by atoms with Crippen LogP contribution in [-0.4, -0.2) is 0 Å². The lowest BCUT2D eigenvalue weighted by Gasteiger charge is -2.07. The Kier molecular flexibility index (Phi) is 3.22. The highest BCUT2D eigenvalue weighted by molar-refractivity contribution is 9.24. The second-order valence-electron chi connectivity index (χ2n) is 6.01. The van der Waals surface area contributed by atoms with E-state index in [2.05, 4.69) is 98.6 Å². The molecule has 0 N–H and O–H groups in total. The number of furan rings is 1. The molecule has 0 atom stereocenters. The quantitative estimate of drug-likeness (QED) is 0.148. The molecule has 0 amide bonds. The van der Waals surface area contributed by atoms with E-state index in [1.54, 1.807) is 0 Å². The van der Waals surface area contributed by atoms with Gasteiger partial charge in [0.1, 0.15) is 15.1 Å². The zero-order valence-corrected chi connectivity index (χ0v) is 15.8. The Hall–Kier alpha value is -1.84. The second kappa shape index (κ2) is 5.33. The average Bonchev–Trinajstić information content (AvgIpc) is 3.04. The first-order valence-corrected chi connectivity index (χ1v) is 9.60. The summed E-state index contributed by atoms with van der Waals surface area (Å²) in [4.78, 5) is 0. The molecule has 0 aliphatic carbocycles. The van der Waals surface area contributed by atoms with Gasteiger partial charge in [-0.25, -0.2) is 0 Å². The Morgan fingerprint density at radius 2 is 1.33 bits per heavy atom. The first kappa shape index (κ1) is 14.5. The monoisotopic (exact) mass is 438 g/mol. The highest BCUT2D eigenvalue weighted by Crippen LogP contribution is 2.38. The van der Waals surface area contributed by atoms with Gasteiger partial charge in [-0.3, -0.25) is 0 Å². The predicted molar refractivity (Wildman–Crippen MR) is 109 cm³/mol. The van der Waals surface area contributed by atoms with E-state index in [1.165, 1.54) is 32.3 Å². The molecule has 5 rings (SSSR count). The zero-order chi connectivity index (χ0) is 16.3. The third-order valence-corrected chi connectivity index (χ3v) is 5.52. The van der Waals surface area contributed by atoms with Crippen LogP contribution in [0.5, 0.6) is 0 Å². The normalized spacial score (nSPS) is 12.1. The first-order valence-electron chi connectivity index (χ1n) is 7.76. The minimum absolute atomic E-state index is 0.0249. The summed E-state index contributed by atoms with van der Waals surface area (Å²) in [6.07, 6.45) is 0. The van der Waals surface area contributed by atoms with Gasteiger partial charge in [0.2, 0.25) is 0 Å². The van der Waals surface area contributed by atoms with E-state index >= 15 is 0 Å². The fourth-order valence-corrected chi connectivity index (χ4v) is 3.93. The van der Waals surface area contributed by atoms with Crippen LogP contribution in [0.1, 0.15) is 9.50 Å². The Balaban J connectivity index is 1.92. The van der Waals surface area contributed by atoms with Gasteiger partial charge in [-0.1, -0.05) is 74.3 Å².